The minimum Gasteiger partial charge on any atom is -0.373 e. The highest BCUT2D eigenvalue weighted by molar-refractivity contribution is 5.72. The number of carbonyl (C=O) groups is 1. The molecule has 1 aromatic heterocycles. The number of anilines is 2. The molecule has 0 bridgehead atoms. The maximum Gasteiger partial charge on any atom is 0.216 e. The van der Waals surface area contributed by atoms with E-state index in [4.69, 9.17) is 0 Å². The lowest BCUT2D eigenvalue weighted by atomic mass is 10.4. The Bertz CT molecular complexity index is 358. The van der Waals surface area contributed by atoms with E-state index < -0.39 is 0 Å². The van der Waals surface area contributed by atoms with Crippen molar-refractivity contribution in [1.29, 1.82) is 0 Å². The van der Waals surface area contributed by atoms with Gasteiger partial charge in [0.15, 0.2) is 0 Å². The van der Waals surface area contributed by atoms with E-state index in [0.29, 0.717) is 13.1 Å². The standard InChI is InChI=1S/C11H19N5O/c1-4-9-15-10(12-3)7-11(16-9)14-6-5-13-8(2)17/h7H,4-6H2,1-3H3,(H,13,17)(H2,12,14,15,16). The van der Waals surface area contributed by atoms with Crippen molar-refractivity contribution >= 4 is 17.5 Å². The lowest BCUT2D eigenvalue weighted by Gasteiger charge is -2.09. The Kier molecular flexibility index (Phi) is 5.19. The lowest BCUT2D eigenvalue weighted by molar-refractivity contribution is -0.118. The van der Waals surface area contributed by atoms with Crippen LogP contribution in [0.15, 0.2) is 6.07 Å². The van der Waals surface area contributed by atoms with Gasteiger partial charge in [-0.1, -0.05) is 6.92 Å². The van der Waals surface area contributed by atoms with Crippen molar-refractivity contribution in [3.63, 3.8) is 0 Å². The predicted octanol–water partition coefficient (Wildman–Crippen LogP) is 0.629. The molecule has 0 radical (unpaired) electrons. The monoisotopic (exact) mass is 237 g/mol. The van der Waals surface area contributed by atoms with Crippen molar-refractivity contribution in [2.45, 2.75) is 20.3 Å². The van der Waals surface area contributed by atoms with E-state index in [1.54, 1.807) is 0 Å². The molecule has 1 heterocycles. The first kappa shape index (κ1) is 13.2. The molecule has 94 valence electrons. The van der Waals surface area contributed by atoms with Crippen molar-refractivity contribution in [3.05, 3.63) is 11.9 Å². The highest BCUT2D eigenvalue weighted by Gasteiger charge is 2.01. The van der Waals surface area contributed by atoms with Gasteiger partial charge in [-0.05, 0) is 0 Å². The minimum atomic E-state index is -0.0281. The quantitative estimate of drug-likeness (QED) is 0.632. The van der Waals surface area contributed by atoms with Crippen LogP contribution < -0.4 is 16.0 Å². The summed E-state index contributed by atoms with van der Waals surface area (Å²) in [7, 11) is 1.82. The second-order valence-electron chi connectivity index (χ2n) is 3.57. The molecule has 0 saturated carbocycles. The second-order valence-corrected chi connectivity index (χ2v) is 3.57. The number of carbonyl (C=O) groups excluding carboxylic acids is 1. The van der Waals surface area contributed by atoms with Crippen molar-refractivity contribution < 1.29 is 4.79 Å². The molecule has 0 spiro atoms. The fourth-order valence-electron chi connectivity index (χ4n) is 1.30. The fourth-order valence-corrected chi connectivity index (χ4v) is 1.30. The Balaban J connectivity index is 2.54. The molecule has 17 heavy (non-hydrogen) atoms. The molecule has 0 aliphatic rings. The van der Waals surface area contributed by atoms with Gasteiger partial charge in [0.05, 0.1) is 0 Å². The molecule has 6 nitrogen and oxygen atoms in total. The van der Waals surface area contributed by atoms with E-state index >= 15 is 0 Å². The molecule has 0 aliphatic carbocycles. The zero-order valence-corrected chi connectivity index (χ0v) is 10.5. The first-order chi connectivity index (χ1) is 8.15. The maximum atomic E-state index is 10.7. The first-order valence-corrected chi connectivity index (χ1v) is 5.69. The van der Waals surface area contributed by atoms with Crippen molar-refractivity contribution in [2.24, 2.45) is 0 Å². The average Bonchev–Trinajstić information content (AvgIpc) is 2.34. The summed E-state index contributed by atoms with van der Waals surface area (Å²) in [5.74, 6) is 2.32. The highest BCUT2D eigenvalue weighted by Crippen LogP contribution is 2.10. The molecular formula is C11H19N5O. The van der Waals surface area contributed by atoms with Crippen LogP contribution >= 0.6 is 0 Å². The van der Waals surface area contributed by atoms with Gasteiger partial charge in [-0.15, -0.1) is 0 Å². The van der Waals surface area contributed by atoms with Crippen LogP contribution in [0.25, 0.3) is 0 Å². The van der Waals surface area contributed by atoms with E-state index in [-0.39, 0.29) is 5.91 Å². The smallest absolute Gasteiger partial charge is 0.216 e. The van der Waals surface area contributed by atoms with E-state index in [0.717, 1.165) is 23.9 Å². The number of nitrogens with one attached hydrogen (secondary N) is 3. The van der Waals surface area contributed by atoms with Crippen molar-refractivity contribution in [1.82, 2.24) is 15.3 Å². The number of amides is 1. The molecule has 1 aromatic rings. The molecule has 6 heteroatoms. The molecular weight excluding hydrogens is 218 g/mol. The van der Waals surface area contributed by atoms with E-state index in [2.05, 4.69) is 25.9 Å². The van der Waals surface area contributed by atoms with Gasteiger partial charge in [0.2, 0.25) is 5.91 Å². The minimum absolute atomic E-state index is 0.0281. The van der Waals surface area contributed by atoms with Gasteiger partial charge in [-0.2, -0.15) is 0 Å². The lowest BCUT2D eigenvalue weighted by Crippen LogP contribution is -2.26. The zero-order valence-electron chi connectivity index (χ0n) is 10.5. The van der Waals surface area contributed by atoms with Gasteiger partial charge in [-0.25, -0.2) is 9.97 Å². The van der Waals surface area contributed by atoms with Crippen molar-refractivity contribution in [2.75, 3.05) is 30.8 Å². The van der Waals surface area contributed by atoms with Crippen LogP contribution in [0.4, 0.5) is 11.6 Å². The van der Waals surface area contributed by atoms with Crippen LogP contribution in [-0.2, 0) is 11.2 Å². The summed E-state index contributed by atoms with van der Waals surface area (Å²) in [5, 5.41) is 8.85. The summed E-state index contributed by atoms with van der Waals surface area (Å²) in [5.41, 5.74) is 0. The zero-order chi connectivity index (χ0) is 12.7. The van der Waals surface area contributed by atoms with Gasteiger partial charge >= 0.3 is 0 Å². The number of nitrogens with zero attached hydrogens (tertiary/aromatic N) is 2. The van der Waals surface area contributed by atoms with Gasteiger partial charge in [0.1, 0.15) is 17.5 Å². The van der Waals surface area contributed by atoms with Gasteiger partial charge in [-0.3, -0.25) is 4.79 Å². The number of hydrogen-bond donors (Lipinski definition) is 3. The third-order valence-electron chi connectivity index (χ3n) is 2.15. The number of hydrogen-bond acceptors (Lipinski definition) is 5. The number of aromatic nitrogens is 2. The predicted molar refractivity (Wildman–Crippen MR) is 68.1 cm³/mol. The normalized spacial score (nSPS) is 9.82. The van der Waals surface area contributed by atoms with E-state index in [1.807, 2.05) is 20.0 Å². The van der Waals surface area contributed by atoms with Crippen LogP contribution in [0.2, 0.25) is 0 Å². The third kappa shape index (κ3) is 4.67. The Morgan fingerprint density at radius 1 is 1.29 bits per heavy atom. The van der Waals surface area contributed by atoms with Crippen molar-refractivity contribution in [3.8, 4) is 0 Å². The van der Waals surface area contributed by atoms with Crippen LogP contribution in [0, 0.1) is 0 Å². The third-order valence-corrected chi connectivity index (χ3v) is 2.15. The van der Waals surface area contributed by atoms with Crippen LogP contribution in [-0.4, -0.2) is 36.0 Å². The first-order valence-electron chi connectivity index (χ1n) is 5.69. The van der Waals surface area contributed by atoms with E-state index in [1.165, 1.54) is 6.92 Å². The summed E-state index contributed by atoms with van der Waals surface area (Å²) in [4.78, 5) is 19.3. The molecule has 0 saturated heterocycles. The second kappa shape index (κ2) is 6.67. The van der Waals surface area contributed by atoms with E-state index in [9.17, 15) is 4.79 Å². The molecule has 0 aromatic carbocycles. The summed E-state index contributed by atoms with van der Waals surface area (Å²) in [6.07, 6.45) is 0.788. The molecule has 3 N–H and O–H groups in total. The largest absolute Gasteiger partial charge is 0.373 e. The molecule has 0 fully saturated rings. The Hall–Kier alpha value is -1.85. The van der Waals surface area contributed by atoms with Crippen LogP contribution in [0.1, 0.15) is 19.7 Å². The topological polar surface area (TPSA) is 78.9 Å². The molecule has 0 atom stereocenters. The van der Waals surface area contributed by atoms with Gasteiger partial charge < -0.3 is 16.0 Å². The molecule has 1 amide bonds. The Morgan fingerprint density at radius 3 is 2.59 bits per heavy atom. The molecule has 1 rings (SSSR count). The van der Waals surface area contributed by atoms with Gasteiger partial charge in [0.25, 0.3) is 0 Å². The summed E-state index contributed by atoms with van der Waals surface area (Å²) < 4.78 is 0. The Morgan fingerprint density at radius 2 is 2.00 bits per heavy atom. The summed E-state index contributed by atoms with van der Waals surface area (Å²) in [6, 6.07) is 1.84. The summed E-state index contributed by atoms with van der Waals surface area (Å²) >= 11 is 0. The SMILES string of the molecule is CCc1nc(NC)cc(NCCNC(C)=O)n1. The number of aryl methyl sites for hydroxylation is 1. The Labute approximate surface area is 101 Å². The maximum absolute atomic E-state index is 10.7. The number of rotatable bonds is 6. The highest BCUT2D eigenvalue weighted by atomic mass is 16.1. The molecule has 0 unspecified atom stereocenters. The summed E-state index contributed by atoms with van der Waals surface area (Å²) in [6.45, 7) is 4.73. The van der Waals surface area contributed by atoms with Crippen LogP contribution in [0.3, 0.4) is 0 Å². The van der Waals surface area contributed by atoms with Crippen LogP contribution in [0.5, 0.6) is 0 Å². The molecule has 0 aliphatic heterocycles. The van der Waals surface area contributed by atoms with Gasteiger partial charge in [0, 0.05) is 39.5 Å². The fraction of sp³-hybridized carbons (Fsp3) is 0.545. The average molecular weight is 237 g/mol.